The van der Waals surface area contributed by atoms with Crippen LogP contribution in [0.4, 0.5) is 5.69 Å². The molecule has 1 aromatic carbocycles. The first kappa shape index (κ1) is 16.8. The number of thiophene rings is 1. The molecule has 4 aliphatic rings. The molecule has 6 rings (SSSR count). The van der Waals surface area contributed by atoms with Crippen molar-refractivity contribution in [2.75, 3.05) is 5.32 Å². The minimum atomic E-state index is -0.404. The summed E-state index contributed by atoms with van der Waals surface area (Å²) in [6.07, 6.45) is 3.75. The highest BCUT2D eigenvalue weighted by molar-refractivity contribution is 7.09. The van der Waals surface area contributed by atoms with Crippen LogP contribution in [0.5, 0.6) is 0 Å². The SMILES string of the molecule is O=C1N[C@@]2(CC3CCC2CC3C(=O)NCc2cccs2)Nc2ccccc21. The van der Waals surface area contributed by atoms with Gasteiger partial charge in [-0.2, -0.15) is 0 Å². The van der Waals surface area contributed by atoms with E-state index >= 15 is 0 Å². The molecule has 3 fully saturated rings. The molecule has 3 aliphatic carbocycles. The van der Waals surface area contributed by atoms with Crippen molar-refractivity contribution in [2.45, 2.75) is 37.9 Å². The molecule has 140 valence electrons. The van der Waals surface area contributed by atoms with E-state index in [-0.39, 0.29) is 23.7 Å². The fraction of sp³-hybridized carbons (Fsp3) is 0.429. The summed E-state index contributed by atoms with van der Waals surface area (Å²) in [5.41, 5.74) is 1.21. The molecular formula is C21H23N3O2S. The molecule has 6 heteroatoms. The molecule has 4 atom stereocenters. The Morgan fingerprint density at radius 3 is 2.85 bits per heavy atom. The summed E-state index contributed by atoms with van der Waals surface area (Å²) in [6, 6.07) is 11.7. The molecule has 3 unspecified atom stereocenters. The van der Waals surface area contributed by atoms with E-state index in [9.17, 15) is 9.59 Å². The first-order valence-electron chi connectivity index (χ1n) is 9.64. The second-order valence-corrected chi connectivity index (χ2v) is 9.01. The summed E-state index contributed by atoms with van der Waals surface area (Å²) in [7, 11) is 0. The molecule has 3 N–H and O–H groups in total. The average Bonchev–Trinajstić information content (AvgIpc) is 3.20. The van der Waals surface area contributed by atoms with E-state index in [2.05, 4.69) is 16.0 Å². The third-order valence-corrected chi connectivity index (χ3v) is 7.37. The van der Waals surface area contributed by atoms with Gasteiger partial charge < -0.3 is 16.0 Å². The topological polar surface area (TPSA) is 70.2 Å². The van der Waals surface area contributed by atoms with Crippen LogP contribution in [0.15, 0.2) is 41.8 Å². The Hall–Kier alpha value is -2.34. The van der Waals surface area contributed by atoms with Crippen LogP contribution in [0, 0.1) is 17.8 Å². The molecule has 1 spiro atoms. The van der Waals surface area contributed by atoms with Crippen molar-refractivity contribution in [1.29, 1.82) is 0 Å². The molecule has 27 heavy (non-hydrogen) atoms. The first-order valence-corrected chi connectivity index (χ1v) is 10.5. The van der Waals surface area contributed by atoms with E-state index in [0.717, 1.165) is 31.4 Å². The van der Waals surface area contributed by atoms with Crippen LogP contribution in [0.25, 0.3) is 0 Å². The number of hydrogen-bond donors (Lipinski definition) is 3. The molecular weight excluding hydrogens is 358 g/mol. The van der Waals surface area contributed by atoms with Gasteiger partial charge in [-0.3, -0.25) is 9.59 Å². The minimum absolute atomic E-state index is 0.00408. The third kappa shape index (κ3) is 2.83. The summed E-state index contributed by atoms with van der Waals surface area (Å²) < 4.78 is 0. The molecule has 2 amide bonds. The molecule has 1 aromatic heterocycles. The zero-order valence-corrected chi connectivity index (χ0v) is 15.9. The first-order chi connectivity index (χ1) is 13.1. The van der Waals surface area contributed by atoms with E-state index in [4.69, 9.17) is 0 Å². The van der Waals surface area contributed by atoms with E-state index in [1.54, 1.807) is 11.3 Å². The van der Waals surface area contributed by atoms with Crippen LogP contribution in [-0.4, -0.2) is 17.5 Å². The predicted molar refractivity (Wildman–Crippen MR) is 105 cm³/mol. The molecule has 1 aliphatic heterocycles. The summed E-state index contributed by atoms with van der Waals surface area (Å²) in [5.74, 6) is 0.782. The Labute approximate surface area is 162 Å². The number of para-hydroxylation sites is 1. The highest BCUT2D eigenvalue weighted by Gasteiger charge is 2.55. The molecule has 0 saturated heterocycles. The van der Waals surface area contributed by atoms with Crippen molar-refractivity contribution in [3.8, 4) is 0 Å². The highest BCUT2D eigenvalue weighted by Crippen LogP contribution is 2.51. The zero-order chi connectivity index (χ0) is 18.4. The van der Waals surface area contributed by atoms with Gasteiger partial charge in [0.2, 0.25) is 5.91 Å². The lowest BCUT2D eigenvalue weighted by Crippen LogP contribution is -2.68. The Balaban J connectivity index is 1.32. The summed E-state index contributed by atoms with van der Waals surface area (Å²) >= 11 is 1.67. The van der Waals surface area contributed by atoms with E-state index in [1.807, 2.05) is 41.8 Å². The number of nitrogens with one attached hydrogen (secondary N) is 3. The van der Waals surface area contributed by atoms with Gasteiger partial charge in [-0.25, -0.2) is 0 Å². The standard InChI is InChI=1S/C21H23N3O2S/c25-19(22-12-15-4-3-9-27-15)17-10-14-8-7-13(17)11-21(14)23-18-6-2-1-5-16(18)20(26)24-21/h1-6,9,13-14,17,23H,7-8,10-12H2,(H,22,25)(H,24,26)/t13?,14?,17?,21-/m1/s1. The number of amides is 2. The van der Waals surface area contributed by atoms with Crippen molar-refractivity contribution in [1.82, 2.24) is 10.6 Å². The van der Waals surface area contributed by atoms with Crippen molar-refractivity contribution in [3.05, 3.63) is 52.2 Å². The fourth-order valence-electron chi connectivity index (χ4n) is 5.18. The molecule has 0 radical (unpaired) electrons. The second-order valence-electron chi connectivity index (χ2n) is 7.97. The zero-order valence-electron chi connectivity index (χ0n) is 15.0. The smallest absolute Gasteiger partial charge is 0.255 e. The van der Waals surface area contributed by atoms with Crippen molar-refractivity contribution < 1.29 is 9.59 Å². The molecule has 2 aromatic rings. The second kappa shape index (κ2) is 6.37. The van der Waals surface area contributed by atoms with Crippen LogP contribution in [0.1, 0.15) is 40.9 Å². The van der Waals surface area contributed by atoms with Crippen LogP contribution in [0.2, 0.25) is 0 Å². The Kier molecular flexibility index (Phi) is 3.97. The molecule has 3 saturated carbocycles. The van der Waals surface area contributed by atoms with E-state index < -0.39 is 5.66 Å². The number of benzene rings is 1. The van der Waals surface area contributed by atoms with Gasteiger partial charge in [0, 0.05) is 22.4 Å². The largest absolute Gasteiger partial charge is 0.362 e. The maximum Gasteiger partial charge on any atom is 0.255 e. The fourth-order valence-corrected chi connectivity index (χ4v) is 5.83. The number of rotatable bonds is 3. The van der Waals surface area contributed by atoms with Crippen LogP contribution in [-0.2, 0) is 11.3 Å². The Morgan fingerprint density at radius 1 is 1.19 bits per heavy atom. The van der Waals surface area contributed by atoms with Gasteiger partial charge in [-0.15, -0.1) is 11.3 Å². The lowest BCUT2D eigenvalue weighted by atomic mass is 9.58. The molecule has 2 bridgehead atoms. The van der Waals surface area contributed by atoms with Gasteiger partial charge in [0.25, 0.3) is 5.91 Å². The summed E-state index contributed by atoms with van der Waals surface area (Å²) in [4.78, 5) is 26.6. The van der Waals surface area contributed by atoms with Gasteiger partial charge in [-0.05, 0) is 55.2 Å². The van der Waals surface area contributed by atoms with Gasteiger partial charge >= 0.3 is 0 Å². The third-order valence-electron chi connectivity index (χ3n) is 6.49. The maximum atomic E-state index is 12.8. The van der Waals surface area contributed by atoms with Gasteiger partial charge in [0.1, 0.15) is 5.66 Å². The summed E-state index contributed by atoms with van der Waals surface area (Å²) in [6.45, 7) is 0.609. The average molecular weight is 382 g/mol. The van der Waals surface area contributed by atoms with Gasteiger partial charge in [-0.1, -0.05) is 18.2 Å². The van der Waals surface area contributed by atoms with Crippen LogP contribution in [0.3, 0.4) is 0 Å². The highest BCUT2D eigenvalue weighted by atomic mass is 32.1. The van der Waals surface area contributed by atoms with E-state index in [0.29, 0.717) is 18.0 Å². The van der Waals surface area contributed by atoms with Crippen molar-refractivity contribution in [2.24, 2.45) is 17.8 Å². The van der Waals surface area contributed by atoms with Crippen LogP contribution >= 0.6 is 11.3 Å². The minimum Gasteiger partial charge on any atom is -0.362 e. The maximum absolute atomic E-state index is 12.8. The van der Waals surface area contributed by atoms with Crippen molar-refractivity contribution >= 4 is 28.8 Å². The Morgan fingerprint density at radius 2 is 2.07 bits per heavy atom. The summed E-state index contributed by atoms with van der Waals surface area (Å²) in [5, 5.41) is 12.0. The number of carbonyl (C=O) groups excluding carboxylic acids is 2. The lowest BCUT2D eigenvalue weighted by Gasteiger charge is -2.56. The number of fused-ring (bicyclic) bond motifs is 3. The molecule has 2 heterocycles. The lowest BCUT2D eigenvalue weighted by molar-refractivity contribution is -0.132. The quantitative estimate of drug-likeness (QED) is 0.764. The normalized spacial score (nSPS) is 31.1. The van der Waals surface area contributed by atoms with E-state index in [1.165, 1.54) is 4.88 Å². The number of carbonyl (C=O) groups is 2. The van der Waals surface area contributed by atoms with Crippen molar-refractivity contribution in [3.63, 3.8) is 0 Å². The molecule has 5 nitrogen and oxygen atoms in total. The number of anilines is 1. The van der Waals surface area contributed by atoms with Gasteiger partial charge in [0.05, 0.1) is 12.1 Å². The Bertz CT molecular complexity index is 881. The number of hydrogen-bond acceptors (Lipinski definition) is 4. The van der Waals surface area contributed by atoms with Gasteiger partial charge in [0.15, 0.2) is 0 Å². The van der Waals surface area contributed by atoms with Crippen LogP contribution < -0.4 is 16.0 Å². The predicted octanol–water partition coefficient (Wildman–Crippen LogP) is 3.35. The monoisotopic (exact) mass is 381 g/mol.